The molecule has 1 aliphatic carbocycles. The smallest absolute Gasteiger partial charge is 0.329 e. The molecule has 41 heavy (non-hydrogen) atoms. The van der Waals surface area contributed by atoms with E-state index in [1.165, 1.54) is 0 Å². The minimum absolute atomic E-state index is 0.162. The first-order valence-electron chi connectivity index (χ1n) is 14.2. The molecule has 0 spiro atoms. The SMILES string of the molecule is CCCCC(=O)N(Cc1ccc(-c2cc(-c3ccccc3)ccc2-c2nn[nH]n2)cc1)[C@]1(C(=O)O)CC[C@@H](O)CC1. The average molecular weight is 554 g/mol. The van der Waals surface area contributed by atoms with E-state index < -0.39 is 17.6 Å². The van der Waals surface area contributed by atoms with Gasteiger partial charge in [0.1, 0.15) is 5.54 Å². The van der Waals surface area contributed by atoms with E-state index in [9.17, 15) is 19.8 Å². The molecule has 0 unspecified atom stereocenters. The van der Waals surface area contributed by atoms with Gasteiger partial charge in [-0.05, 0) is 77.3 Å². The maximum Gasteiger partial charge on any atom is 0.329 e. The molecule has 3 N–H and O–H groups in total. The number of hydrogen-bond donors (Lipinski definition) is 3. The highest BCUT2D eigenvalue weighted by Crippen LogP contribution is 2.37. The van der Waals surface area contributed by atoms with E-state index in [1.54, 1.807) is 4.90 Å². The average Bonchev–Trinajstić information content (AvgIpc) is 3.55. The number of carboxylic acid groups (broad SMARTS) is 1. The Kier molecular flexibility index (Phi) is 8.54. The Labute approximate surface area is 239 Å². The lowest BCUT2D eigenvalue weighted by Crippen LogP contribution is -2.58. The maximum absolute atomic E-state index is 13.4. The number of rotatable bonds is 10. The van der Waals surface area contributed by atoms with Crippen LogP contribution in [0.2, 0.25) is 0 Å². The number of carboxylic acids is 1. The van der Waals surface area contributed by atoms with Gasteiger partial charge in [-0.15, -0.1) is 10.2 Å². The lowest BCUT2D eigenvalue weighted by Gasteiger charge is -2.44. The molecule has 1 aromatic heterocycles. The summed E-state index contributed by atoms with van der Waals surface area (Å²) in [5.41, 5.74) is 4.34. The highest BCUT2D eigenvalue weighted by Gasteiger charge is 2.48. The van der Waals surface area contributed by atoms with E-state index in [2.05, 4.69) is 38.8 Å². The van der Waals surface area contributed by atoms with E-state index >= 15 is 0 Å². The molecule has 0 bridgehead atoms. The van der Waals surface area contributed by atoms with Crippen LogP contribution in [0.1, 0.15) is 57.4 Å². The van der Waals surface area contributed by atoms with Crippen molar-refractivity contribution in [2.75, 3.05) is 0 Å². The third kappa shape index (κ3) is 6.05. The van der Waals surface area contributed by atoms with Crippen LogP contribution >= 0.6 is 0 Å². The molecule has 0 radical (unpaired) electrons. The molecule has 1 heterocycles. The highest BCUT2D eigenvalue weighted by molar-refractivity contribution is 5.88. The Bertz CT molecular complexity index is 1460. The van der Waals surface area contributed by atoms with Gasteiger partial charge in [0.15, 0.2) is 0 Å². The largest absolute Gasteiger partial charge is 0.479 e. The third-order valence-corrected chi connectivity index (χ3v) is 8.06. The van der Waals surface area contributed by atoms with Crippen molar-refractivity contribution in [1.82, 2.24) is 25.5 Å². The van der Waals surface area contributed by atoms with Gasteiger partial charge >= 0.3 is 5.97 Å². The standard InChI is InChI=1S/C32H35N5O4/c1-2-3-9-29(39)37(32(31(40)41)18-16-26(38)17-19-32)21-22-10-12-24(13-11-22)28-20-25(23-7-5-4-6-8-23)14-15-27(28)30-33-35-36-34-30/h4-8,10-15,20,26,38H,2-3,9,16-19,21H2,1H3,(H,40,41)(H,33,34,35,36)/t26-,32-. The molecule has 5 rings (SSSR count). The Hall–Kier alpha value is -4.37. The summed E-state index contributed by atoms with van der Waals surface area (Å²) in [5, 5.41) is 35.1. The number of amides is 1. The van der Waals surface area contributed by atoms with Gasteiger partial charge in [0.2, 0.25) is 11.7 Å². The molecule has 0 atom stereocenters. The fourth-order valence-corrected chi connectivity index (χ4v) is 5.66. The zero-order chi connectivity index (χ0) is 28.8. The van der Waals surface area contributed by atoms with Gasteiger partial charge in [-0.25, -0.2) is 4.79 Å². The molecular weight excluding hydrogens is 518 g/mol. The molecule has 1 saturated carbocycles. The minimum atomic E-state index is -1.32. The Morgan fingerprint density at radius 3 is 2.29 bits per heavy atom. The van der Waals surface area contributed by atoms with Crippen LogP contribution in [0.3, 0.4) is 0 Å². The van der Waals surface area contributed by atoms with Crippen LogP contribution < -0.4 is 0 Å². The lowest BCUT2D eigenvalue weighted by molar-refractivity contribution is -0.164. The summed E-state index contributed by atoms with van der Waals surface area (Å²) in [5.74, 6) is -0.683. The van der Waals surface area contributed by atoms with Crippen molar-refractivity contribution < 1.29 is 19.8 Å². The Morgan fingerprint density at radius 2 is 1.66 bits per heavy atom. The third-order valence-electron chi connectivity index (χ3n) is 8.06. The second-order valence-corrected chi connectivity index (χ2v) is 10.7. The molecule has 4 aromatic rings. The van der Waals surface area contributed by atoms with Crippen molar-refractivity contribution in [3.05, 3.63) is 78.4 Å². The van der Waals surface area contributed by atoms with Crippen LogP contribution in [0.25, 0.3) is 33.6 Å². The molecule has 1 amide bonds. The number of hydrogen-bond acceptors (Lipinski definition) is 6. The Morgan fingerprint density at radius 1 is 0.951 bits per heavy atom. The van der Waals surface area contributed by atoms with Crippen LogP contribution in [0, 0.1) is 0 Å². The second-order valence-electron chi connectivity index (χ2n) is 10.7. The van der Waals surface area contributed by atoms with E-state index in [4.69, 9.17) is 0 Å². The summed E-state index contributed by atoms with van der Waals surface area (Å²) < 4.78 is 0. The monoisotopic (exact) mass is 553 g/mol. The number of aromatic nitrogens is 4. The number of unbranched alkanes of at least 4 members (excludes halogenated alkanes) is 1. The number of tetrazole rings is 1. The van der Waals surface area contributed by atoms with E-state index in [-0.39, 0.29) is 25.3 Å². The molecule has 1 fully saturated rings. The minimum Gasteiger partial charge on any atom is -0.479 e. The van der Waals surface area contributed by atoms with Crippen molar-refractivity contribution in [2.45, 2.75) is 70.1 Å². The zero-order valence-electron chi connectivity index (χ0n) is 23.2. The Balaban J connectivity index is 1.48. The normalized spacial score (nSPS) is 18.6. The molecule has 0 aliphatic heterocycles. The maximum atomic E-state index is 13.4. The zero-order valence-corrected chi connectivity index (χ0v) is 23.2. The van der Waals surface area contributed by atoms with E-state index in [0.717, 1.165) is 39.8 Å². The van der Waals surface area contributed by atoms with Crippen LogP contribution in [-0.2, 0) is 16.1 Å². The van der Waals surface area contributed by atoms with Gasteiger partial charge in [0.05, 0.1) is 6.10 Å². The number of aliphatic carboxylic acids is 1. The van der Waals surface area contributed by atoms with Gasteiger partial charge in [0.25, 0.3) is 0 Å². The van der Waals surface area contributed by atoms with E-state index in [1.807, 2.05) is 61.5 Å². The molecule has 0 saturated heterocycles. The molecule has 1 aliphatic rings. The number of carbonyl (C=O) groups excluding carboxylic acids is 1. The quantitative estimate of drug-likeness (QED) is 0.237. The summed E-state index contributed by atoms with van der Waals surface area (Å²) in [4.78, 5) is 27.6. The summed E-state index contributed by atoms with van der Waals surface area (Å²) in [7, 11) is 0. The highest BCUT2D eigenvalue weighted by atomic mass is 16.4. The van der Waals surface area contributed by atoms with Crippen LogP contribution in [0.15, 0.2) is 72.8 Å². The van der Waals surface area contributed by atoms with Crippen molar-refractivity contribution in [3.8, 4) is 33.6 Å². The fraction of sp³-hybridized carbons (Fsp3) is 0.344. The fourth-order valence-electron chi connectivity index (χ4n) is 5.66. The topological polar surface area (TPSA) is 132 Å². The lowest BCUT2D eigenvalue weighted by atomic mass is 9.78. The van der Waals surface area contributed by atoms with Crippen molar-refractivity contribution >= 4 is 11.9 Å². The van der Waals surface area contributed by atoms with Gasteiger partial charge in [0, 0.05) is 18.5 Å². The molecule has 3 aromatic carbocycles. The van der Waals surface area contributed by atoms with Gasteiger partial charge in [-0.2, -0.15) is 5.21 Å². The molecule has 212 valence electrons. The van der Waals surface area contributed by atoms with Crippen molar-refractivity contribution in [1.29, 1.82) is 0 Å². The van der Waals surface area contributed by atoms with Crippen LogP contribution in [0.4, 0.5) is 0 Å². The molecule has 9 heteroatoms. The summed E-state index contributed by atoms with van der Waals surface area (Å²) >= 11 is 0. The van der Waals surface area contributed by atoms with Crippen LogP contribution in [0.5, 0.6) is 0 Å². The predicted molar refractivity (Wildman–Crippen MR) is 155 cm³/mol. The number of nitrogens with one attached hydrogen (secondary N) is 1. The van der Waals surface area contributed by atoms with Crippen molar-refractivity contribution in [3.63, 3.8) is 0 Å². The first-order chi connectivity index (χ1) is 19.9. The molecular formula is C32H35N5O4. The first-order valence-corrected chi connectivity index (χ1v) is 14.2. The summed E-state index contributed by atoms with van der Waals surface area (Å²) in [6, 6.07) is 24.1. The number of benzene rings is 3. The predicted octanol–water partition coefficient (Wildman–Crippen LogP) is 5.48. The number of nitrogens with zero attached hydrogens (tertiary/aromatic N) is 4. The van der Waals surface area contributed by atoms with Gasteiger partial charge in [-0.3, -0.25) is 4.79 Å². The van der Waals surface area contributed by atoms with E-state index in [0.29, 0.717) is 31.5 Å². The summed E-state index contributed by atoms with van der Waals surface area (Å²) in [6.45, 7) is 2.20. The number of aliphatic hydroxyl groups is 1. The molecule has 9 nitrogen and oxygen atoms in total. The number of aromatic amines is 1. The second kappa shape index (κ2) is 12.4. The van der Waals surface area contributed by atoms with Crippen LogP contribution in [-0.4, -0.2) is 59.3 Å². The van der Waals surface area contributed by atoms with Gasteiger partial charge in [-0.1, -0.05) is 74.0 Å². The number of H-pyrrole nitrogens is 1. The first kappa shape index (κ1) is 28.2. The van der Waals surface area contributed by atoms with Gasteiger partial charge < -0.3 is 15.1 Å². The summed E-state index contributed by atoms with van der Waals surface area (Å²) in [6.07, 6.45) is 2.50. The number of carbonyl (C=O) groups is 2. The van der Waals surface area contributed by atoms with Crippen molar-refractivity contribution in [2.24, 2.45) is 0 Å². The number of aliphatic hydroxyl groups excluding tert-OH is 1.